The van der Waals surface area contributed by atoms with Crippen LogP contribution in [0.15, 0.2) is 18.3 Å². The Labute approximate surface area is 92.5 Å². The average Bonchev–Trinajstić information content (AvgIpc) is 2.72. The molecule has 0 aliphatic rings. The van der Waals surface area contributed by atoms with E-state index in [0.717, 1.165) is 0 Å². The van der Waals surface area contributed by atoms with Gasteiger partial charge in [0.2, 0.25) is 0 Å². The summed E-state index contributed by atoms with van der Waals surface area (Å²) in [6, 6.07) is 2.02. The molecular formula is C10H14N2O4. The largest absolute Gasteiger partial charge is 0.480 e. The second-order valence-electron chi connectivity index (χ2n) is 3.23. The van der Waals surface area contributed by atoms with Gasteiger partial charge in [-0.1, -0.05) is 0 Å². The molecule has 1 heterocycles. The van der Waals surface area contributed by atoms with Crippen LogP contribution in [0.4, 0.5) is 0 Å². The summed E-state index contributed by atoms with van der Waals surface area (Å²) in [5.41, 5.74) is 0.377. The van der Waals surface area contributed by atoms with E-state index >= 15 is 0 Å². The van der Waals surface area contributed by atoms with Gasteiger partial charge in [-0.3, -0.25) is 4.79 Å². The summed E-state index contributed by atoms with van der Waals surface area (Å²) in [6.07, 6.45) is 1.73. The van der Waals surface area contributed by atoms with Gasteiger partial charge in [0.1, 0.15) is 5.69 Å². The Bertz CT molecular complexity index is 386. The van der Waals surface area contributed by atoms with E-state index in [9.17, 15) is 9.59 Å². The third kappa shape index (κ3) is 2.60. The summed E-state index contributed by atoms with van der Waals surface area (Å²) in [7, 11) is 0. The number of hydrogen-bond donors (Lipinski definition) is 3. The van der Waals surface area contributed by atoms with E-state index in [1.807, 2.05) is 6.92 Å². The SMILES string of the molecule is CCn1cccc1C(=O)N[C@H](CO)C(=O)O. The molecule has 0 spiro atoms. The lowest BCUT2D eigenvalue weighted by molar-refractivity contribution is -0.140. The minimum absolute atomic E-state index is 0.377. The summed E-state index contributed by atoms with van der Waals surface area (Å²) in [4.78, 5) is 22.3. The molecule has 0 radical (unpaired) electrons. The van der Waals surface area contributed by atoms with Gasteiger partial charge in [0, 0.05) is 12.7 Å². The van der Waals surface area contributed by atoms with Crippen LogP contribution in [0.2, 0.25) is 0 Å². The predicted molar refractivity (Wildman–Crippen MR) is 56.1 cm³/mol. The Morgan fingerprint density at radius 3 is 2.75 bits per heavy atom. The number of amides is 1. The molecule has 0 aliphatic carbocycles. The molecular weight excluding hydrogens is 212 g/mol. The first-order valence-corrected chi connectivity index (χ1v) is 4.89. The van der Waals surface area contributed by atoms with Crippen LogP contribution in [0, 0.1) is 0 Å². The second-order valence-corrected chi connectivity index (χ2v) is 3.23. The molecule has 0 unspecified atom stereocenters. The van der Waals surface area contributed by atoms with E-state index in [2.05, 4.69) is 5.32 Å². The Hall–Kier alpha value is -1.82. The van der Waals surface area contributed by atoms with Crippen molar-refractivity contribution in [1.82, 2.24) is 9.88 Å². The van der Waals surface area contributed by atoms with Crippen molar-refractivity contribution in [2.24, 2.45) is 0 Å². The monoisotopic (exact) mass is 226 g/mol. The van der Waals surface area contributed by atoms with Gasteiger partial charge in [0.25, 0.3) is 5.91 Å². The molecule has 6 heteroatoms. The van der Waals surface area contributed by atoms with Crippen molar-refractivity contribution in [2.75, 3.05) is 6.61 Å². The Morgan fingerprint density at radius 1 is 1.56 bits per heavy atom. The lowest BCUT2D eigenvalue weighted by Gasteiger charge is -2.12. The Balaban J connectivity index is 2.75. The lowest BCUT2D eigenvalue weighted by Crippen LogP contribution is -2.43. The Morgan fingerprint density at radius 2 is 2.25 bits per heavy atom. The van der Waals surface area contributed by atoms with Crippen molar-refractivity contribution in [3.63, 3.8) is 0 Å². The highest BCUT2D eigenvalue weighted by Gasteiger charge is 2.20. The highest BCUT2D eigenvalue weighted by molar-refractivity contribution is 5.95. The molecule has 1 amide bonds. The number of aliphatic carboxylic acids is 1. The summed E-state index contributed by atoms with van der Waals surface area (Å²) in [5.74, 6) is -1.77. The fourth-order valence-corrected chi connectivity index (χ4v) is 1.31. The van der Waals surface area contributed by atoms with Gasteiger partial charge in [-0.2, -0.15) is 0 Å². The normalized spacial score (nSPS) is 12.1. The van der Waals surface area contributed by atoms with Crippen molar-refractivity contribution in [2.45, 2.75) is 19.5 Å². The first kappa shape index (κ1) is 12.3. The molecule has 6 nitrogen and oxygen atoms in total. The van der Waals surface area contributed by atoms with Crippen LogP contribution in [0.1, 0.15) is 17.4 Å². The molecule has 0 saturated heterocycles. The van der Waals surface area contributed by atoms with E-state index in [1.54, 1.807) is 22.9 Å². The zero-order chi connectivity index (χ0) is 12.1. The van der Waals surface area contributed by atoms with E-state index in [-0.39, 0.29) is 0 Å². The molecule has 1 atom stereocenters. The lowest BCUT2D eigenvalue weighted by atomic mass is 10.3. The summed E-state index contributed by atoms with van der Waals surface area (Å²) in [5, 5.41) is 19.7. The third-order valence-electron chi connectivity index (χ3n) is 2.19. The Kier molecular flexibility index (Phi) is 4.07. The maximum absolute atomic E-state index is 11.7. The zero-order valence-electron chi connectivity index (χ0n) is 8.88. The van der Waals surface area contributed by atoms with Gasteiger partial charge in [-0.05, 0) is 19.1 Å². The number of carboxylic acid groups (broad SMARTS) is 1. The zero-order valence-corrected chi connectivity index (χ0v) is 8.88. The molecule has 1 aromatic rings. The first-order valence-electron chi connectivity index (χ1n) is 4.89. The first-order chi connectivity index (χ1) is 7.60. The van der Waals surface area contributed by atoms with Crippen molar-refractivity contribution < 1.29 is 19.8 Å². The topological polar surface area (TPSA) is 91.6 Å². The molecule has 16 heavy (non-hydrogen) atoms. The molecule has 0 aliphatic heterocycles. The van der Waals surface area contributed by atoms with Gasteiger partial charge >= 0.3 is 5.97 Å². The number of carbonyl (C=O) groups excluding carboxylic acids is 1. The van der Waals surface area contributed by atoms with Crippen LogP contribution in [0.5, 0.6) is 0 Å². The second kappa shape index (κ2) is 5.32. The molecule has 0 aromatic carbocycles. The minimum Gasteiger partial charge on any atom is -0.480 e. The quantitative estimate of drug-likeness (QED) is 0.641. The van der Waals surface area contributed by atoms with Crippen LogP contribution in [0.3, 0.4) is 0 Å². The van der Waals surface area contributed by atoms with Crippen LogP contribution < -0.4 is 5.32 Å². The number of carboxylic acids is 1. The number of hydrogen-bond acceptors (Lipinski definition) is 3. The molecule has 88 valence electrons. The number of nitrogens with zero attached hydrogens (tertiary/aromatic N) is 1. The van der Waals surface area contributed by atoms with Crippen molar-refractivity contribution in [3.8, 4) is 0 Å². The van der Waals surface area contributed by atoms with Gasteiger partial charge < -0.3 is 20.1 Å². The molecule has 1 aromatic heterocycles. The smallest absolute Gasteiger partial charge is 0.328 e. The van der Waals surface area contributed by atoms with E-state index < -0.39 is 24.5 Å². The van der Waals surface area contributed by atoms with Crippen molar-refractivity contribution in [3.05, 3.63) is 24.0 Å². The van der Waals surface area contributed by atoms with E-state index in [0.29, 0.717) is 12.2 Å². The highest BCUT2D eigenvalue weighted by Crippen LogP contribution is 2.02. The van der Waals surface area contributed by atoms with Crippen LogP contribution in [-0.4, -0.2) is 39.3 Å². The number of aromatic nitrogens is 1. The predicted octanol–water partition coefficient (Wildman–Crippen LogP) is -0.317. The molecule has 0 bridgehead atoms. The molecule has 3 N–H and O–H groups in total. The van der Waals surface area contributed by atoms with Crippen LogP contribution in [-0.2, 0) is 11.3 Å². The van der Waals surface area contributed by atoms with E-state index in [1.165, 1.54) is 0 Å². The standard InChI is InChI=1S/C10H14N2O4/c1-2-12-5-3-4-8(12)9(14)11-7(6-13)10(15)16/h3-5,7,13H,2,6H2,1H3,(H,11,14)(H,15,16)/t7-/m1/s1. The molecule has 0 saturated carbocycles. The molecule has 1 rings (SSSR count). The fourth-order valence-electron chi connectivity index (χ4n) is 1.31. The third-order valence-corrected chi connectivity index (χ3v) is 2.19. The summed E-state index contributed by atoms with van der Waals surface area (Å²) >= 11 is 0. The number of aliphatic hydroxyl groups excluding tert-OH is 1. The van der Waals surface area contributed by atoms with Crippen molar-refractivity contribution in [1.29, 1.82) is 0 Å². The van der Waals surface area contributed by atoms with Crippen LogP contribution in [0.25, 0.3) is 0 Å². The number of rotatable bonds is 5. The average molecular weight is 226 g/mol. The summed E-state index contributed by atoms with van der Waals surface area (Å²) in [6.45, 7) is 1.86. The number of aryl methyl sites for hydroxylation is 1. The minimum atomic E-state index is -1.27. The highest BCUT2D eigenvalue weighted by atomic mass is 16.4. The number of nitrogens with one attached hydrogen (secondary N) is 1. The van der Waals surface area contributed by atoms with Crippen molar-refractivity contribution >= 4 is 11.9 Å². The maximum Gasteiger partial charge on any atom is 0.328 e. The number of aliphatic hydroxyl groups is 1. The van der Waals surface area contributed by atoms with E-state index in [4.69, 9.17) is 10.2 Å². The fraction of sp³-hybridized carbons (Fsp3) is 0.400. The summed E-state index contributed by atoms with van der Waals surface area (Å²) < 4.78 is 1.69. The van der Waals surface area contributed by atoms with Gasteiger partial charge in [0.15, 0.2) is 6.04 Å². The number of carbonyl (C=O) groups is 2. The van der Waals surface area contributed by atoms with Crippen LogP contribution >= 0.6 is 0 Å². The van der Waals surface area contributed by atoms with Gasteiger partial charge in [-0.25, -0.2) is 4.79 Å². The van der Waals surface area contributed by atoms with Gasteiger partial charge in [-0.15, -0.1) is 0 Å². The van der Waals surface area contributed by atoms with Gasteiger partial charge in [0.05, 0.1) is 6.61 Å². The maximum atomic E-state index is 11.7. The molecule has 0 fully saturated rings.